The molecule has 5 heteroatoms. The third-order valence-electron chi connectivity index (χ3n) is 1.44. The predicted octanol–water partition coefficient (Wildman–Crippen LogP) is 0.123. The zero-order valence-corrected chi connectivity index (χ0v) is 9.17. The lowest BCUT2D eigenvalue weighted by atomic mass is 10.5. The number of rotatable bonds is 6. The molecule has 0 rings (SSSR count). The smallest absolute Gasteiger partial charge is 0.168 e. The molecule has 0 bridgehead atoms. The van der Waals surface area contributed by atoms with E-state index in [9.17, 15) is 8.42 Å². The van der Waals surface area contributed by atoms with E-state index in [0.29, 0.717) is 13.2 Å². The summed E-state index contributed by atoms with van der Waals surface area (Å²) in [6.07, 6.45) is 2.81. The fourth-order valence-corrected chi connectivity index (χ4v) is 1.17. The summed E-state index contributed by atoms with van der Waals surface area (Å²) in [5, 5.41) is 1.22. The predicted molar refractivity (Wildman–Crippen MR) is 53.4 cm³/mol. The molecule has 0 aliphatic rings. The molecule has 0 radical (unpaired) electrons. The minimum Gasteiger partial charge on any atom is -0.383 e. The molecule has 0 saturated heterocycles. The van der Waals surface area contributed by atoms with Gasteiger partial charge in [0.15, 0.2) is 9.84 Å². The van der Waals surface area contributed by atoms with Crippen LogP contribution in [-0.4, -0.2) is 53.4 Å². The van der Waals surface area contributed by atoms with E-state index in [0.717, 1.165) is 6.54 Å². The topological polar surface area (TPSA) is 46.6 Å². The van der Waals surface area contributed by atoms with Gasteiger partial charge in [0.1, 0.15) is 0 Å². The Balaban J connectivity index is 3.70. The summed E-state index contributed by atoms with van der Waals surface area (Å²) >= 11 is 0. The Morgan fingerprint density at radius 3 is 2.54 bits per heavy atom. The lowest BCUT2D eigenvalue weighted by Crippen LogP contribution is -2.22. The molecule has 78 valence electrons. The van der Waals surface area contributed by atoms with E-state index in [1.165, 1.54) is 11.7 Å². The van der Waals surface area contributed by atoms with Crippen LogP contribution < -0.4 is 0 Å². The summed E-state index contributed by atoms with van der Waals surface area (Å²) in [7, 11) is 0.569. The second-order valence-electron chi connectivity index (χ2n) is 2.96. The van der Waals surface area contributed by atoms with Crippen molar-refractivity contribution < 1.29 is 13.2 Å². The summed E-state index contributed by atoms with van der Waals surface area (Å²) < 4.78 is 26.3. The molecule has 0 aromatic rings. The average molecular weight is 207 g/mol. The molecule has 0 aromatic carbocycles. The van der Waals surface area contributed by atoms with E-state index in [-0.39, 0.29) is 0 Å². The molecule has 0 saturated carbocycles. The first-order valence-electron chi connectivity index (χ1n) is 4.00. The number of nitrogens with zero attached hydrogens (tertiary/aromatic N) is 1. The van der Waals surface area contributed by atoms with Crippen LogP contribution in [-0.2, 0) is 14.6 Å². The van der Waals surface area contributed by atoms with Crippen LogP contribution in [0.1, 0.15) is 0 Å². The van der Waals surface area contributed by atoms with Crippen molar-refractivity contribution in [2.45, 2.75) is 0 Å². The monoisotopic (exact) mass is 207 g/mol. The molecular formula is C8H17NO3S. The van der Waals surface area contributed by atoms with Gasteiger partial charge in [-0.15, -0.1) is 0 Å². The normalized spacial score (nSPS) is 12.9. The zero-order valence-electron chi connectivity index (χ0n) is 8.36. The Hall–Kier alpha value is -0.390. The van der Waals surface area contributed by atoms with Gasteiger partial charge in [0.25, 0.3) is 0 Å². The number of likely N-dealkylation sites (N-methyl/N-ethyl adjacent to an activating group) is 1. The summed E-state index contributed by atoms with van der Waals surface area (Å²) in [6.45, 7) is 2.07. The highest BCUT2D eigenvalue weighted by Gasteiger charge is 1.95. The lowest BCUT2D eigenvalue weighted by molar-refractivity contribution is 0.166. The molecule has 0 atom stereocenters. The minimum atomic E-state index is -2.98. The number of sulfone groups is 1. The van der Waals surface area contributed by atoms with Crippen LogP contribution >= 0.6 is 0 Å². The van der Waals surface area contributed by atoms with Crippen molar-refractivity contribution in [3.8, 4) is 0 Å². The number of hydrogen-bond acceptors (Lipinski definition) is 4. The molecular weight excluding hydrogens is 190 g/mol. The Morgan fingerprint density at radius 2 is 2.08 bits per heavy atom. The van der Waals surface area contributed by atoms with Crippen LogP contribution in [0.4, 0.5) is 0 Å². The maximum Gasteiger partial charge on any atom is 0.168 e. The van der Waals surface area contributed by atoms with Crippen LogP contribution in [0.3, 0.4) is 0 Å². The van der Waals surface area contributed by atoms with Gasteiger partial charge in [-0.3, -0.25) is 0 Å². The molecule has 0 fully saturated rings. The van der Waals surface area contributed by atoms with Gasteiger partial charge in [0.2, 0.25) is 0 Å². The molecule has 0 aromatic heterocycles. The second kappa shape index (κ2) is 6.12. The van der Waals surface area contributed by atoms with Gasteiger partial charge in [-0.2, -0.15) is 0 Å². The fourth-order valence-electron chi connectivity index (χ4n) is 0.736. The summed E-state index contributed by atoms with van der Waals surface area (Å²) in [6, 6.07) is 0. The quantitative estimate of drug-likeness (QED) is 0.621. The van der Waals surface area contributed by atoms with Crippen LogP contribution in [0.25, 0.3) is 0 Å². The number of hydrogen-bond donors (Lipinski definition) is 0. The minimum absolute atomic E-state index is 0.621. The maximum absolute atomic E-state index is 10.7. The van der Waals surface area contributed by atoms with Crippen LogP contribution in [0, 0.1) is 0 Å². The van der Waals surface area contributed by atoms with Crippen molar-refractivity contribution in [2.24, 2.45) is 0 Å². The maximum atomic E-state index is 10.7. The van der Waals surface area contributed by atoms with E-state index in [1.54, 1.807) is 13.2 Å². The highest BCUT2D eigenvalue weighted by Crippen LogP contribution is 1.88. The average Bonchev–Trinajstić information content (AvgIpc) is 1.98. The van der Waals surface area contributed by atoms with Gasteiger partial charge in [0, 0.05) is 31.9 Å². The molecule has 4 nitrogen and oxygen atoms in total. The lowest BCUT2D eigenvalue weighted by Gasteiger charge is -2.12. The Labute approximate surface area is 80.1 Å². The SMILES string of the molecule is COCCN(C)C/C=C/S(C)(=O)=O. The number of ether oxygens (including phenoxy) is 1. The Kier molecular flexibility index (Phi) is 5.94. The van der Waals surface area contributed by atoms with E-state index in [1.807, 2.05) is 11.9 Å². The van der Waals surface area contributed by atoms with Gasteiger partial charge in [0.05, 0.1) is 6.61 Å². The number of methoxy groups -OCH3 is 1. The van der Waals surface area contributed by atoms with Crippen molar-refractivity contribution >= 4 is 9.84 Å². The van der Waals surface area contributed by atoms with Crippen LogP contribution in [0.5, 0.6) is 0 Å². The molecule has 0 amide bonds. The van der Waals surface area contributed by atoms with Crippen molar-refractivity contribution in [2.75, 3.05) is 40.1 Å². The largest absolute Gasteiger partial charge is 0.383 e. The summed E-state index contributed by atoms with van der Waals surface area (Å²) in [4.78, 5) is 1.98. The molecule has 0 spiro atoms. The summed E-state index contributed by atoms with van der Waals surface area (Å²) in [5.74, 6) is 0. The summed E-state index contributed by atoms with van der Waals surface area (Å²) in [5.41, 5.74) is 0. The van der Waals surface area contributed by atoms with E-state index in [4.69, 9.17) is 4.74 Å². The highest BCUT2D eigenvalue weighted by molar-refractivity contribution is 7.93. The first-order chi connectivity index (χ1) is 5.95. The van der Waals surface area contributed by atoms with Crippen molar-refractivity contribution in [3.05, 3.63) is 11.5 Å². The van der Waals surface area contributed by atoms with Gasteiger partial charge in [-0.25, -0.2) is 8.42 Å². The molecule has 0 unspecified atom stereocenters. The third kappa shape index (κ3) is 9.52. The fraction of sp³-hybridized carbons (Fsp3) is 0.750. The Morgan fingerprint density at radius 1 is 1.46 bits per heavy atom. The van der Waals surface area contributed by atoms with Crippen LogP contribution in [0.15, 0.2) is 11.5 Å². The molecule has 0 aliphatic heterocycles. The third-order valence-corrected chi connectivity index (χ3v) is 2.12. The Bertz CT molecular complexity index is 246. The molecule has 0 N–H and O–H groups in total. The first kappa shape index (κ1) is 12.6. The zero-order chi connectivity index (χ0) is 10.3. The first-order valence-corrected chi connectivity index (χ1v) is 5.95. The van der Waals surface area contributed by atoms with Gasteiger partial charge < -0.3 is 9.64 Å². The van der Waals surface area contributed by atoms with E-state index in [2.05, 4.69) is 0 Å². The van der Waals surface area contributed by atoms with E-state index < -0.39 is 9.84 Å². The highest BCUT2D eigenvalue weighted by atomic mass is 32.2. The molecule has 0 aliphatic carbocycles. The van der Waals surface area contributed by atoms with Gasteiger partial charge >= 0.3 is 0 Å². The van der Waals surface area contributed by atoms with E-state index >= 15 is 0 Å². The molecule has 0 heterocycles. The molecule has 13 heavy (non-hydrogen) atoms. The second-order valence-corrected chi connectivity index (χ2v) is 4.89. The standard InChI is InChI=1S/C8H17NO3S/c1-9(6-7-12-2)5-4-8-13(3,10)11/h4,8H,5-7H2,1-3H3/b8-4+. The van der Waals surface area contributed by atoms with Crippen molar-refractivity contribution in [3.63, 3.8) is 0 Å². The van der Waals surface area contributed by atoms with Crippen LogP contribution in [0.2, 0.25) is 0 Å². The van der Waals surface area contributed by atoms with Crippen molar-refractivity contribution in [1.29, 1.82) is 0 Å². The van der Waals surface area contributed by atoms with Gasteiger partial charge in [-0.05, 0) is 7.05 Å². The van der Waals surface area contributed by atoms with Crippen molar-refractivity contribution in [1.82, 2.24) is 4.90 Å². The van der Waals surface area contributed by atoms with Gasteiger partial charge in [-0.1, -0.05) is 6.08 Å².